The molecule has 1 aromatic carbocycles. The molecule has 0 aliphatic carbocycles. The van der Waals surface area contributed by atoms with E-state index in [1.54, 1.807) is 27.9 Å². The SMILES string of the molecule is Cc1c(C(=O)N2CCCC(N)C2)cnn1-c1ccc(F)cc1. The summed E-state index contributed by atoms with van der Waals surface area (Å²) >= 11 is 0. The zero-order chi connectivity index (χ0) is 15.7. The molecule has 1 saturated heterocycles. The monoisotopic (exact) mass is 302 g/mol. The van der Waals surface area contributed by atoms with E-state index in [0.29, 0.717) is 12.1 Å². The molecule has 0 bridgehead atoms. The fraction of sp³-hybridized carbons (Fsp3) is 0.375. The number of nitrogens with zero attached hydrogens (tertiary/aromatic N) is 3. The maximum Gasteiger partial charge on any atom is 0.257 e. The summed E-state index contributed by atoms with van der Waals surface area (Å²) in [6.07, 6.45) is 3.46. The van der Waals surface area contributed by atoms with Gasteiger partial charge in [-0.3, -0.25) is 4.79 Å². The highest BCUT2D eigenvalue weighted by Gasteiger charge is 2.25. The predicted molar refractivity (Wildman–Crippen MR) is 81.4 cm³/mol. The number of aromatic nitrogens is 2. The summed E-state index contributed by atoms with van der Waals surface area (Å²) in [7, 11) is 0. The van der Waals surface area contributed by atoms with Crippen LogP contribution in [0.4, 0.5) is 4.39 Å². The summed E-state index contributed by atoms with van der Waals surface area (Å²) in [4.78, 5) is 14.4. The molecule has 6 heteroatoms. The fourth-order valence-corrected chi connectivity index (χ4v) is 2.83. The molecule has 1 aromatic heterocycles. The third kappa shape index (κ3) is 2.74. The lowest BCUT2D eigenvalue weighted by molar-refractivity contribution is 0.0708. The Morgan fingerprint density at radius 1 is 1.36 bits per heavy atom. The summed E-state index contributed by atoms with van der Waals surface area (Å²) in [5.41, 5.74) is 7.98. The zero-order valence-corrected chi connectivity index (χ0v) is 12.5. The van der Waals surface area contributed by atoms with Gasteiger partial charge in [-0.25, -0.2) is 9.07 Å². The Morgan fingerprint density at radius 3 is 2.77 bits per heavy atom. The summed E-state index contributed by atoms with van der Waals surface area (Å²) in [6, 6.07) is 6.08. The Hall–Kier alpha value is -2.21. The van der Waals surface area contributed by atoms with Crippen molar-refractivity contribution in [2.75, 3.05) is 13.1 Å². The first-order chi connectivity index (χ1) is 10.6. The van der Waals surface area contributed by atoms with Crippen LogP contribution in [-0.4, -0.2) is 39.7 Å². The standard InChI is InChI=1S/C16H19FN4O/c1-11-15(16(22)20-8-2-3-13(18)10-20)9-19-21(11)14-6-4-12(17)5-7-14/h4-7,9,13H,2-3,8,10,18H2,1H3. The molecular weight excluding hydrogens is 283 g/mol. The maximum absolute atomic E-state index is 13.0. The van der Waals surface area contributed by atoms with Gasteiger partial charge >= 0.3 is 0 Å². The average molecular weight is 302 g/mol. The largest absolute Gasteiger partial charge is 0.337 e. The minimum Gasteiger partial charge on any atom is -0.337 e. The van der Waals surface area contributed by atoms with E-state index >= 15 is 0 Å². The molecule has 1 fully saturated rings. The quantitative estimate of drug-likeness (QED) is 0.921. The van der Waals surface area contributed by atoms with Gasteiger partial charge in [0.05, 0.1) is 23.1 Å². The van der Waals surface area contributed by atoms with E-state index in [4.69, 9.17) is 5.73 Å². The molecule has 1 amide bonds. The minimum absolute atomic E-state index is 0.0407. The van der Waals surface area contributed by atoms with Gasteiger partial charge in [-0.2, -0.15) is 5.10 Å². The van der Waals surface area contributed by atoms with Crippen molar-refractivity contribution in [1.29, 1.82) is 0 Å². The van der Waals surface area contributed by atoms with Crippen LogP contribution < -0.4 is 5.73 Å². The van der Waals surface area contributed by atoms with E-state index in [-0.39, 0.29) is 17.8 Å². The fourth-order valence-electron chi connectivity index (χ4n) is 2.83. The second-order valence-electron chi connectivity index (χ2n) is 5.69. The zero-order valence-electron chi connectivity index (χ0n) is 12.5. The average Bonchev–Trinajstić information content (AvgIpc) is 2.89. The minimum atomic E-state index is -0.299. The molecule has 116 valence electrons. The maximum atomic E-state index is 13.0. The molecule has 0 spiro atoms. The van der Waals surface area contributed by atoms with E-state index in [1.807, 2.05) is 6.92 Å². The van der Waals surface area contributed by atoms with Crippen molar-refractivity contribution < 1.29 is 9.18 Å². The molecule has 2 aromatic rings. The second-order valence-corrected chi connectivity index (χ2v) is 5.69. The van der Waals surface area contributed by atoms with Crippen LogP contribution in [-0.2, 0) is 0 Å². The van der Waals surface area contributed by atoms with Gasteiger partial charge in [-0.1, -0.05) is 0 Å². The number of nitrogens with two attached hydrogens (primary N) is 1. The first-order valence-electron chi connectivity index (χ1n) is 7.41. The van der Waals surface area contributed by atoms with Gasteiger partial charge in [0.25, 0.3) is 5.91 Å². The number of amides is 1. The molecule has 2 heterocycles. The Bertz CT molecular complexity index is 680. The number of halogens is 1. The molecule has 0 saturated carbocycles. The topological polar surface area (TPSA) is 64.2 Å². The van der Waals surface area contributed by atoms with Crippen LogP contribution in [0.25, 0.3) is 5.69 Å². The Balaban J connectivity index is 1.86. The van der Waals surface area contributed by atoms with Crippen molar-refractivity contribution in [1.82, 2.24) is 14.7 Å². The van der Waals surface area contributed by atoms with E-state index < -0.39 is 0 Å². The number of likely N-dealkylation sites (tertiary alicyclic amines) is 1. The van der Waals surface area contributed by atoms with Gasteiger partial charge in [-0.05, 0) is 44.0 Å². The van der Waals surface area contributed by atoms with Gasteiger partial charge < -0.3 is 10.6 Å². The highest BCUT2D eigenvalue weighted by atomic mass is 19.1. The van der Waals surface area contributed by atoms with Gasteiger partial charge in [0.15, 0.2) is 0 Å². The highest BCUT2D eigenvalue weighted by Crippen LogP contribution is 2.18. The van der Waals surface area contributed by atoms with Crippen LogP contribution >= 0.6 is 0 Å². The van der Waals surface area contributed by atoms with Crippen molar-refractivity contribution in [3.63, 3.8) is 0 Å². The van der Waals surface area contributed by atoms with Crippen LogP contribution in [0.15, 0.2) is 30.5 Å². The first-order valence-corrected chi connectivity index (χ1v) is 7.41. The van der Waals surface area contributed by atoms with Crippen LogP contribution in [0.2, 0.25) is 0 Å². The summed E-state index contributed by atoms with van der Waals surface area (Å²) in [5, 5.41) is 4.27. The third-order valence-electron chi connectivity index (χ3n) is 4.06. The molecule has 5 nitrogen and oxygen atoms in total. The van der Waals surface area contributed by atoms with Crippen LogP contribution in [0.3, 0.4) is 0 Å². The third-order valence-corrected chi connectivity index (χ3v) is 4.06. The van der Waals surface area contributed by atoms with Crippen molar-refractivity contribution in [3.8, 4) is 5.69 Å². The van der Waals surface area contributed by atoms with Crippen molar-refractivity contribution >= 4 is 5.91 Å². The smallest absolute Gasteiger partial charge is 0.257 e. The summed E-state index contributed by atoms with van der Waals surface area (Å²) in [5.74, 6) is -0.340. The van der Waals surface area contributed by atoms with Crippen LogP contribution in [0, 0.1) is 12.7 Å². The highest BCUT2D eigenvalue weighted by molar-refractivity contribution is 5.95. The van der Waals surface area contributed by atoms with Gasteiger partial charge in [-0.15, -0.1) is 0 Å². The number of benzene rings is 1. The van der Waals surface area contributed by atoms with Gasteiger partial charge in [0, 0.05) is 19.1 Å². The normalized spacial score (nSPS) is 18.5. The molecule has 1 aliphatic rings. The van der Waals surface area contributed by atoms with Gasteiger partial charge in [0.2, 0.25) is 0 Å². The number of hydrogen-bond acceptors (Lipinski definition) is 3. The summed E-state index contributed by atoms with van der Waals surface area (Å²) in [6.45, 7) is 3.15. The Morgan fingerprint density at radius 2 is 2.09 bits per heavy atom. The first kappa shape index (κ1) is 14.7. The number of carbonyl (C=O) groups is 1. The molecule has 1 atom stereocenters. The molecular formula is C16H19FN4O. The number of carbonyl (C=O) groups excluding carboxylic acids is 1. The molecule has 3 rings (SSSR count). The lowest BCUT2D eigenvalue weighted by Gasteiger charge is -2.30. The second kappa shape index (κ2) is 5.88. The Kier molecular flexibility index (Phi) is 3.94. The van der Waals surface area contributed by atoms with Crippen LogP contribution in [0.5, 0.6) is 0 Å². The van der Waals surface area contributed by atoms with Crippen molar-refractivity contribution in [2.45, 2.75) is 25.8 Å². The van der Waals surface area contributed by atoms with Gasteiger partial charge in [0.1, 0.15) is 5.82 Å². The Labute approximate surface area is 128 Å². The van der Waals surface area contributed by atoms with E-state index in [0.717, 1.165) is 30.8 Å². The lowest BCUT2D eigenvalue weighted by Crippen LogP contribution is -2.45. The molecule has 2 N–H and O–H groups in total. The van der Waals surface area contributed by atoms with E-state index in [9.17, 15) is 9.18 Å². The number of piperidine rings is 1. The molecule has 1 unspecified atom stereocenters. The van der Waals surface area contributed by atoms with Crippen molar-refractivity contribution in [3.05, 3.63) is 47.5 Å². The number of hydrogen-bond donors (Lipinski definition) is 1. The predicted octanol–water partition coefficient (Wildman–Crippen LogP) is 1.88. The molecule has 0 radical (unpaired) electrons. The lowest BCUT2D eigenvalue weighted by atomic mass is 10.1. The molecule has 1 aliphatic heterocycles. The summed E-state index contributed by atoms with van der Waals surface area (Å²) < 4.78 is 14.7. The van der Waals surface area contributed by atoms with E-state index in [2.05, 4.69) is 5.10 Å². The van der Waals surface area contributed by atoms with E-state index in [1.165, 1.54) is 12.1 Å². The number of rotatable bonds is 2. The molecule has 22 heavy (non-hydrogen) atoms. The van der Waals surface area contributed by atoms with Crippen molar-refractivity contribution in [2.24, 2.45) is 5.73 Å². The van der Waals surface area contributed by atoms with Crippen LogP contribution in [0.1, 0.15) is 28.9 Å².